The number of hydrogen-bond donors (Lipinski definition) is 1. The Labute approximate surface area is 152 Å². The summed E-state index contributed by atoms with van der Waals surface area (Å²) in [5.41, 5.74) is 3.84. The molecule has 0 radical (unpaired) electrons. The summed E-state index contributed by atoms with van der Waals surface area (Å²) in [6.45, 7) is 8.39. The average molecular weight is 392 g/mol. The zero-order chi connectivity index (χ0) is 17.9. The second kappa shape index (κ2) is 7.97. The molecule has 130 valence electrons. The molecule has 1 N–H and O–H groups in total. The van der Waals surface area contributed by atoms with E-state index in [0.717, 1.165) is 28.6 Å². The third kappa shape index (κ3) is 3.89. The molecule has 0 aliphatic rings. The molecule has 0 aliphatic carbocycles. The summed E-state index contributed by atoms with van der Waals surface area (Å²) in [6.07, 6.45) is 1.96. The van der Waals surface area contributed by atoms with Crippen LogP contribution in [0.3, 0.4) is 0 Å². The molecule has 2 rings (SSSR count). The van der Waals surface area contributed by atoms with E-state index in [1.165, 1.54) is 5.56 Å². The maximum Gasteiger partial charge on any atom is 0.271 e. The molecule has 0 bridgehead atoms. The second-order valence-corrected chi connectivity index (χ2v) is 7.07. The molecule has 4 nitrogen and oxygen atoms in total. The van der Waals surface area contributed by atoms with Gasteiger partial charge in [-0.3, -0.25) is 9.48 Å². The van der Waals surface area contributed by atoms with E-state index in [0.29, 0.717) is 11.6 Å². The number of carbonyl (C=O) groups is 1. The van der Waals surface area contributed by atoms with Crippen LogP contribution in [0.25, 0.3) is 0 Å². The summed E-state index contributed by atoms with van der Waals surface area (Å²) >= 11 is 3.46. The van der Waals surface area contributed by atoms with E-state index in [1.54, 1.807) is 11.7 Å². The van der Waals surface area contributed by atoms with E-state index in [-0.39, 0.29) is 11.9 Å². The van der Waals surface area contributed by atoms with Gasteiger partial charge in [-0.1, -0.05) is 45.0 Å². The fraction of sp³-hybridized carbons (Fsp3) is 0.474. The monoisotopic (exact) mass is 391 g/mol. The second-order valence-electron chi connectivity index (χ2n) is 6.28. The molecular weight excluding hydrogens is 366 g/mol. The molecule has 0 fully saturated rings. The molecule has 1 heterocycles. The lowest BCUT2D eigenvalue weighted by molar-refractivity contribution is 0.0925. The maximum atomic E-state index is 12.7. The Balaban J connectivity index is 2.18. The van der Waals surface area contributed by atoms with Crippen LogP contribution in [-0.4, -0.2) is 15.7 Å². The quantitative estimate of drug-likeness (QED) is 0.761. The van der Waals surface area contributed by atoms with Crippen LogP contribution in [0.2, 0.25) is 0 Å². The topological polar surface area (TPSA) is 46.9 Å². The smallest absolute Gasteiger partial charge is 0.271 e. The third-order valence-corrected chi connectivity index (χ3v) is 5.55. The highest BCUT2D eigenvalue weighted by Crippen LogP contribution is 2.24. The lowest BCUT2D eigenvalue weighted by Crippen LogP contribution is -2.30. The van der Waals surface area contributed by atoms with Crippen molar-refractivity contribution in [3.8, 4) is 0 Å². The van der Waals surface area contributed by atoms with E-state index in [1.807, 2.05) is 6.92 Å². The Morgan fingerprint density at radius 3 is 2.25 bits per heavy atom. The van der Waals surface area contributed by atoms with Gasteiger partial charge in [0, 0.05) is 7.05 Å². The van der Waals surface area contributed by atoms with Gasteiger partial charge in [0.1, 0.15) is 5.69 Å². The minimum absolute atomic E-state index is 0.00871. The number of amides is 1. The number of benzene rings is 1. The number of nitrogens with one attached hydrogen (secondary N) is 1. The van der Waals surface area contributed by atoms with Crippen molar-refractivity contribution in [2.75, 3.05) is 0 Å². The van der Waals surface area contributed by atoms with Gasteiger partial charge in [0.05, 0.1) is 16.2 Å². The third-order valence-electron chi connectivity index (χ3n) is 4.60. The van der Waals surface area contributed by atoms with E-state index < -0.39 is 0 Å². The van der Waals surface area contributed by atoms with Crippen LogP contribution in [0.5, 0.6) is 0 Å². The number of carbonyl (C=O) groups excluding carboxylic acids is 1. The molecule has 1 aromatic carbocycles. The molecule has 2 aromatic rings. The summed E-state index contributed by atoms with van der Waals surface area (Å²) in [4.78, 5) is 12.7. The Morgan fingerprint density at radius 2 is 1.79 bits per heavy atom. The largest absolute Gasteiger partial charge is 0.344 e. The first-order valence-corrected chi connectivity index (χ1v) is 9.28. The zero-order valence-corrected chi connectivity index (χ0v) is 16.6. The Bertz CT molecular complexity index is 706. The van der Waals surface area contributed by atoms with Crippen molar-refractivity contribution >= 4 is 21.8 Å². The van der Waals surface area contributed by atoms with Crippen molar-refractivity contribution < 1.29 is 4.79 Å². The van der Waals surface area contributed by atoms with Crippen LogP contribution in [-0.2, 0) is 7.05 Å². The number of aryl methyl sites for hydroxylation is 2. The predicted molar refractivity (Wildman–Crippen MR) is 101 cm³/mol. The van der Waals surface area contributed by atoms with Gasteiger partial charge < -0.3 is 5.32 Å². The van der Waals surface area contributed by atoms with Gasteiger partial charge in [0.2, 0.25) is 0 Å². The maximum absolute atomic E-state index is 12.7. The van der Waals surface area contributed by atoms with Crippen LogP contribution in [0.1, 0.15) is 72.9 Å². The molecule has 0 aliphatic heterocycles. The van der Waals surface area contributed by atoms with Gasteiger partial charge in [-0.2, -0.15) is 5.10 Å². The van der Waals surface area contributed by atoms with Crippen LogP contribution in [0.15, 0.2) is 28.7 Å². The van der Waals surface area contributed by atoms with Crippen LogP contribution >= 0.6 is 15.9 Å². The van der Waals surface area contributed by atoms with Crippen molar-refractivity contribution in [3.05, 3.63) is 51.3 Å². The predicted octanol–water partition coefficient (Wildman–Crippen LogP) is 4.89. The van der Waals surface area contributed by atoms with Gasteiger partial charge in [-0.25, -0.2) is 0 Å². The van der Waals surface area contributed by atoms with Crippen LogP contribution < -0.4 is 5.32 Å². The molecule has 2 unspecified atom stereocenters. The molecule has 1 aromatic heterocycles. The van der Waals surface area contributed by atoms with E-state index in [4.69, 9.17) is 0 Å². The number of halogens is 1. The first-order chi connectivity index (χ1) is 11.4. The van der Waals surface area contributed by atoms with Crippen molar-refractivity contribution in [1.29, 1.82) is 0 Å². The van der Waals surface area contributed by atoms with E-state index in [9.17, 15) is 4.79 Å². The van der Waals surface area contributed by atoms with Crippen molar-refractivity contribution in [3.63, 3.8) is 0 Å². The molecule has 5 heteroatoms. The molecule has 1 amide bonds. The van der Waals surface area contributed by atoms with Crippen molar-refractivity contribution in [1.82, 2.24) is 15.1 Å². The first-order valence-electron chi connectivity index (χ1n) is 8.48. The molecule has 0 spiro atoms. The van der Waals surface area contributed by atoms with Crippen LogP contribution in [0, 0.1) is 6.92 Å². The molecule has 0 saturated heterocycles. The number of aromatic nitrogens is 2. The SMILES string of the molecule is CCC(C)c1ccc(C(CC)NC(=O)c2c(Br)c(C)nn2C)cc1. The molecule has 0 saturated carbocycles. The standard InChI is InChI=1S/C19H26BrN3O/c1-6-12(3)14-8-10-15(11-9-14)16(7-2)21-19(24)18-17(20)13(4)22-23(18)5/h8-12,16H,6-7H2,1-5H3,(H,21,24). The summed E-state index contributed by atoms with van der Waals surface area (Å²) in [5.74, 6) is 0.449. The Kier molecular flexibility index (Phi) is 6.21. The Morgan fingerprint density at radius 1 is 1.21 bits per heavy atom. The van der Waals surface area contributed by atoms with Gasteiger partial charge in [0.25, 0.3) is 5.91 Å². The highest BCUT2D eigenvalue weighted by Gasteiger charge is 2.21. The fourth-order valence-corrected chi connectivity index (χ4v) is 3.34. The van der Waals surface area contributed by atoms with Crippen LogP contribution in [0.4, 0.5) is 0 Å². The summed E-state index contributed by atoms with van der Waals surface area (Å²) in [6, 6.07) is 8.58. The summed E-state index contributed by atoms with van der Waals surface area (Å²) in [7, 11) is 1.79. The van der Waals surface area contributed by atoms with Crippen molar-refractivity contribution in [2.45, 2.75) is 52.5 Å². The van der Waals surface area contributed by atoms with E-state index >= 15 is 0 Å². The summed E-state index contributed by atoms with van der Waals surface area (Å²) in [5, 5.41) is 7.41. The van der Waals surface area contributed by atoms with Gasteiger partial charge in [-0.05, 0) is 52.7 Å². The first kappa shape index (κ1) is 18.7. The lowest BCUT2D eigenvalue weighted by atomic mass is 9.95. The normalized spacial score (nSPS) is 13.6. The molecular formula is C19H26BrN3O. The molecule has 24 heavy (non-hydrogen) atoms. The Hall–Kier alpha value is -1.62. The zero-order valence-electron chi connectivity index (χ0n) is 15.1. The highest BCUT2D eigenvalue weighted by atomic mass is 79.9. The van der Waals surface area contributed by atoms with Crippen molar-refractivity contribution in [2.24, 2.45) is 7.05 Å². The minimum Gasteiger partial charge on any atom is -0.344 e. The van der Waals surface area contributed by atoms with Gasteiger partial charge >= 0.3 is 0 Å². The van der Waals surface area contributed by atoms with E-state index in [2.05, 4.69) is 71.4 Å². The number of hydrogen-bond acceptors (Lipinski definition) is 2. The number of rotatable bonds is 6. The lowest BCUT2D eigenvalue weighted by Gasteiger charge is -2.19. The summed E-state index contributed by atoms with van der Waals surface area (Å²) < 4.78 is 2.37. The van der Waals surface area contributed by atoms with Gasteiger partial charge in [0.15, 0.2) is 0 Å². The average Bonchev–Trinajstić information content (AvgIpc) is 2.84. The number of nitrogens with zero attached hydrogens (tertiary/aromatic N) is 2. The minimum atomic E-state index is -0.108. The fourth-order valence-electron chi connectivity index (χ4n) is 2.82. The molecule has 2 atom stereocenters. The van der Waals surface area contributed by atoms with Gasteiger partial charge in [-0.15, -0.1) is 0 Å². The highest BCUT2D eigenvalue weighted by molar-refractivity contribution is 9.10.